The molecule has 7 nitrogen and oxygen atoms in total. The molecule has 178 valence electrons. The number of carbonyl (C=O) groups is 2. The van der Waals surface area contributed by atoms with Gasteiger partial charge in [0.25, 0.3) is 0 Å². The van der Waals surface area contributed by atoms with E-state index >= 15 is 0 Å². The van der Waals surface area contributed by atoms with Crippen molar-refractivity contribution in [3.8, 4) is 5.75 Å². The molecule has 1 aliphatic heterocycles. The summed E-state index contributed by atoms with van der Waals surface area (Å²) < 4.78 is 50.3. The number of piperazine rings is 1. The van der Waals surface area contributed by atoms with Gasteiger partial charge in [0.15, 0.2) is 0 Å². The molecule has 1 saturated heterocycles. The van der Waals surface area contributed by atoms with E-state index in [9.17, 15) is 22.8 Å². The Balaban J connectivity index is 1.70. The number of methoxy groups -OCH3 is 1. The van der Waals surface area contributed by atoms with Crippen LogP contribution < -0.4 is 4.74 Å². The molecule has 2 aliphatic rings. The maximum Gasteiger partial charge on any atom is 0.416 e. The number of hydrogen-bond donors (Lipinski definition) is 0. The molecule has 1 saturated carbocycles. The number of alkyl halides is 3. The Morgan fingerprint density at radius 1 is 1.06 bits per heavy atom. The van der Waals surface area contributed by atoms with Crippen molar-refractivity contribution in [2.24, 2.45) is 5.41 Å². The Bertz CT molecular complexity index is 854. The van der Waals surface area contributed by atoms with Crippen molar-refractivity contribution in [1.29, 1.82) is 0 Å². The number of carbonyl (C=O) groups excluding carboxylic acids is 2. The van der Waals surface area contributed by atoms with Crippen LogP contribution in [0.5, 0.6) is 5.75 Å². The molecule has 0 atom stereocenters. The minimum absolute atomic E-state index is 0.0318. The first-order valence-electron chi connectivity index (χ1n) is 10.5. The quantitative estimate of drug-likeness (QED) is 0.605. The van der Waals surface area contributed by atoms with Gasteiger partial charge in [0.2, 0.25) is 5.60 Å². The van der Waals surface area contributed by atoms with E-state index in [1.165, 1.54) is 13.2 Å². The van der Waals surface area contributed by atoms with E-state index in [1.54, 1.807) is 25.8 Å². The van der Waals surface area contributed by atoms with Gasteiger partial charge < -0.3 is 14.3 Å². The molecule has 0 spiro atoms. The predicted molar refractivity (Wildman–Crippen MR) is 108 cm³/mol. The molecule has 2 fully saturated rings. The van der Waals surface area contributed by atoms with Gasteiger partial charge >= 0.3 is 18.1 Å². The van der Waals surface area contributed by atoms with E-state index < -0.39 is 28.7 Å². The van der Waals surface area contributed by atoms with E-state index in [-0.39, 0.29) is 11.7 Å². The summed E-state index contributed by atoms with van der Waals surface area (Å²) in [6.07, 6.45) is -3.73. The van der Waals surface area contributed by atoms with Crippen LogP contribution in [-0.4, -0.2) is 60.8 Å². The van der Waals surface area contributed by atoms with Crippen molar-refractivity contribution in [2.75, 3.05) is 33.3 Å². The minimum Gasteiger partial charge on any atom is -0.475 e. The number of rotatable bonds is 6. The van der Waals surface area contributed by atoms with Crippen LogP contribution in [0.4, 0.5) is 13.2 Å². The molecule has 3 rings (SSSR count). The summed E-state index contributed by atoms with van der Waals surface area (Å²) in [6.45, 7) is 7.73. The zero-order valence-corrected chi connectivity index (χ0v) is 18.8. The molecule has 0 aromatic heterocycles. The lowest BCUT2D eigenvalue weighted by molar-refractivity contribution is -0.207. The Morgan fingerprint density at radius 2 is 1.69 bits per heavy atom. The highest BCUT2D eigenvalue weighted by Crippen LogP contribution is 2.43. The van der Waals surface area contributed by atoms with Crippen molar-refractivity contribution >= 4 is 11.9 Å². The molecule has 1 aliphatic carbocycles. The first-order chi connectivity index (χ1) is 14.8. The van der Waals surface area contributed by atoms with Crippen LogP contribution in [0, 0.1) is 5.41 Å². The summed E-state index contributed by atoms with van der Waals surface area (Å²) in [5, 5.41) is 1.60. The SMILES string of the molecule is COC(=O)C1(Oc2cc(C(F)(F)F)ccc2CN2CCN(OC(=O)C(C)(C)C)CC2)CC1. The standard InChI is InChI=1S/C22H29F3N2O5/c1-20(2,3)18(28)32-27-11-9-26(10-12-27)14-15-5-6-16(22(23,24)25)13-17(15)31-21(7-8-21)19(29)30-4/h5-6,13H,7-12,14H2,1-4H3. The van der Waals surface area contributed by atoms with Gasteiger partial charge in [0, 0.05) is 51.1 Å². The highest BCUT2D eigenvalue weighted by Gasteiger charge is 2.54. The lowest BCUT2D eigenvalue weighted by Crippen LogP contribution is -2.47. The Labute approximate surface area is 185 Å². The molecule has 1 heterocycles. The number of benzene rings is 1. The molecule has 0 bridgehead atoms. The lowest BCUT2D eigenvalue weighted by Gasteiger charge is -2.34. The minimum atomic E-state index is -4.53. The fourth-order valence-corrected chi connectivity index (χ4v) is 3.29. The summed E-state index contributed by atoms with van der Waals surface area (Å²) in [6, 6.07) is 3.35. The third-order valence-electron chi connectivity index (χ3n) is 5.51. The van der Waals surface area contributed by atoms with Gasteiger partial charge in [0.05, 0.1) is 18.1 Å². The third kappa shape index (κ3) is 5.72. The Morgan fingerprint density at radius 3 is 2.19 bits per heavy atom. The second-order valence-corrected chi connectivity index (χ2v) is 9.24. The summed E-state index contributed by atoms with van der Waals surface area (Å²) in [5.74, 6) is -0.874. The molecular weight excluding hydrogens is 429 g/mol. The van der Waals surface area contributed by atoms with E-state index in [4.69, 9.17) is 14.3 Å². The zero-order chi connectivity index (χ0) is 23.7. The van der Waals surface area contributed by atoms with Gasteiger partial charge in [-0.2, -0.15) is 13.2 Å². The maximum atomic E-state index is 13.3. The average Bonchev–Trinajstić information content (AvgIpc) is 3.49. The number of hydroxylamine groups is 2. The first-order valence-corrected chi connectivity index (χ1v) is 10.5. The van der Waals surface area contributed by atoms with Crippen LogP contribution in [0.25, 0.3) is 0 Å². The van der Waals surface area contributed by atoms with Crippen molar-refractivity contribution < 1.29 is 37.1 Å². The smallest absolute Gasteiger partial charge is 0.416 e. The number of halogens is 3. The van der Waals surface area contributed by atoms with Gasteiger partial charge in [-0.3, -0.25) is 4.90 Å². The van der Waals surface area contributed by atoms with E-state index in [0.29, 0.717) is 51.1 Å². The summed E-state index contributed by atoms with van der Waals surface area (Å²) in [7, 11) is 1.23. The van der Waals surface area contributed by atoms with Crippen LogP contribution in [-0.2, 0) is 31.9 Å². The normalized spacial score (nSPS) is 19.3. The number of nitrogens with zero attached hydrogens (tertiary/aromatic N) is 2. The number of hydrogen-bond acceptors (Lipinski definition) is 7. The van der Waals surface area contributed by atoms with Gasteiger partial charge in [-0.1, -0.05) is 6.07 Å². The number of ether oxygens (including phenoxy) is 2. The first kappa shape index (κ1) is 24.3. The largest absolute Gasteiger partial charge is 0.475 e. The molecule has 1 aromatic carbocycles. The van der Waals surface area contributed by atoms with E-state index in [1.807, 2.05) is 4.90 Å². The molecule has 0 radical (unpaired) electrons. The van der Waals surface area contributed by atoms with Gasteiger partial charge in [-0.25, -0.2) is 9.59 Å². The molecule has 10 heteroatoms. The van der Waals surface area contributed by atoms with Crippen molar-refractivity contribution in [2.45, 2.75) is 51.9 Å². The molecule has 0 N–H and O–H groups in total. The summed E-state index contributed by atoms with van der Waals surface area (Å²) in [4.78, 5) is 31.6. The fraction of sp³-hybridized carbons (Fsp3) is 0.636. The highest BCUT2D eigenvalue weighted by atomic mass is 19.4. The Hall–Kier alpha value is -2.33. The van der Waals surface area contributed by atoms with E-state index in [2.05, 4.69) is 0 Å². The van der Waals surface area contributed by atoms with Gasteiger partial charge in [0.1, 0.15) is 5.75 Å². The van der Waals surface area contributed by atoms with Gasteiger partial charge in [-0.05, 0) is 32.9 Å². The highest BCUT2D eigenvalue weighted by molar-refractivity contribution is 5.83. The Kier molecular flexibility index (Phi) is 6.76. The van der Waals surface area contributed by atoms with Crippen molar-refractivity contribution in [1.82, 2.24) is 9.96 Å². The summed E-state index contributed by atoms with van der Waals surface area (Å²) >= 11 is 0. The summed E-state index contributed by atoms with van der Waals surface area (Å²) in [5.41, 5.74) is -2.11. The lowest BCUT2D eigenvalue weighted by atomic mass is 9.98. The second kappa shape index (κ2) is 8.90. The molecule has 0 amide bonds. The molecule has 32 heavy (non-hydrogen) atoms. The van der Waals surface area contributed by atoms with Crippen molar-refractivity contribution in [3.63, 3.8) is 0 Å². The molecule has 1 aromatic rings. The van der Waals surface area contributed by atoms with Crippen LogP contribution >= 0.6 is 0 Å². The van der Waals surface area contributed by atoms with Gasteiger partial charge in [-0.15, -0.1) is 5.06 Å². The van der Waals surface area contributed by atoms with Crippen molar-refractivity contribution in [3.05, 3.63) is 29.3 Å². The van der Waals surface area contributed by atoms with Crippen LogP contribution in [0.2, 0.25) is 0 Å². The zero-order valence-electron chi connectivity index (χ0n) is 18.8. The predicted octanol–water partition coefficient (Wildman–Crippen LogP) is 3.41. The fourth-order valence-electron chi connectivity index (χ4n) is 3.29. The molecular formula is C22H29F3N2O5. The molecule has 0 unspecified atom stereocenters. The monoisotopic (exact) mass is 458 g/mol. The van der Waals surface area contributed by atoms with Crippen LogP contribution in [0.15, 0.2) is 18.2 Å². The maximum absolute atomic E-state index is 13.3. The average molecular weight is 458 g/mol. The third-order valence-corrected chi connectivity index (χ3v) is 5.51. The second-order valence-electron chi connectivity index (χ2n) is 9.24. The van der Waals surface area contributed by atoms with E-state index in [0.717, 1.165) is 12.1 Å². The number of esters is 1. The van der Waals surface area contributed by atoms with Crippen LogP contribution in [0.1, 0.15) is 44.7 Å². The van der Waals surface area contributed by atoms with Crippen LogP contribution in [0.3, 0.4) is 0 Å². The topological polar surface area (TPSA) is 68.3 Å².